The Morgan fingerprint density at radius 2 is 2.04 bits per heavy atom. The fourth-order valence-electron chi connectivity index (χ4n) is 2.83. The molecule has 1 saturated heterocycles. The Morgan fingerprint density at radius 1 is 1.36 bits per heavy atom. The van der Waals surface area contributed by atoms with E-state index < -0.39 is 16.9 Å². The third-order valence-corrected chi connectivity index (χ3v) is 4.25. The second-order valence-corrected chi connectivity index (χ2v) is 6.21. The van der Waals surface area contributed by atoms with E-state index in [1.54, 1.807) is 6.92 Å². The summed E-state index contributed by atoms with van der Waals surface area (Å²) < 4.78 is 5.29. The molecule has 1 fully saturated rings. The first kappa shape index (κ1) is 18.7. The first-order chi connectivity index (χ1) is 11.9. The van der Waals surface area contributed by atoms with Gasteiger partial charge >= 0.3 is 0 Å². The van der Waals surface area contributed by atoms with Crippen LogP contribution in [-0.2, 0) is 9.59 Å². The number of nitrogens with one attached hydrogen (secondary N) is 1. The Kier molecular flexibility index (Phi) is 6.32. The van der Waals surface area contributed by atoms with Crippen molar-refractivity contribution >= 4 is 17.5 Å². The lowest BCUT2D eigenvalue weighted by Gasteiger charge is -2.35. The van der Waals surface area contributed by atoms with E-state index in [4.69, 9.17) is 4.74 Å². The molecule has 1 aromatic carbocycles. The zero-order valence-corrected chi connectivity index (χ0v) is 14.4. The number of nitrogens with zero attached hydrogens (tertiary/aromatic N) is 2. The summed E-state index contributed by atoms with van der Waals surface area (Å²) in [7, 11) is 0. The highest BCUT2D eigenvalue weighted by Gasteiger charge is 2.27. The molecular formula is C17H23N3O5. The zero-order chi connectivity index (χ0) is 18.4. The molecule has 1 heterocycles. The molecule has 0 spiro atoms. The summed E-state index contributed by atoms with van der Waals surface area (Å²) in [4.78, 5) is 36.3. The van der Waals surface area contributed by atoms with Gasteiger partial charge in [-0.25, -0.2) is 0 Å². The van der Waals surface area contributed by atoms with Crippen molar-refractivity contribution in [2.45, 2.75) is 45.2 Å². The quantitative estimate of drug-likeness (QED) is 0.624. The van der Waals surface area contributed by atoms with Gasteiger partial charge in [0.15, 0.2) is 6.61 Å². The van der Waals surface area contributed by atoms with Crippen LogP contribution in [0.2, 0.25) is 0 Å². The Hall–Kier alpha value is -2.64. The van der Waals surface area contributed by atoms with E-state index in [0.29, 0.717) is 5.75 Å². The molecule has 0 aliphatic carbocycles. The molecule has 1 N–H and O–H groups in total. The van der Waals surface area contributed by atoms with Crippen molar-refractivity contribution in [3.05, 3.63) is 34.4 Å². The second-order valence-electron chi connectivity index (χ2n) is 6.21. The van der Waals surface area contributed by atoms with Crippen LogP contribution in [0.15, 0.2) is 24.3 Å². The lowest BCUT2D eigenvalue weighted by molar-refractivity contribution is -0.384. The predicted molar refractivity (Wildman–Crippen MR) is 91.2 cm³/mol. The third kappa shape index (κ3) is 5.17. The minimum absolute atomic E-state index is 0.0494. The lowest BCUT2D eigenvalue weighted by atomic mass is 10.0. The molecule has 0 unspecified atom stereocenters. The number of carbonyl (C=O) groups is 2. The molecule has 25 heavy (non-hydrogen) atoms. The highest BCUT2D eigenvalue weighted by Crippen LogP contribution is 2.18. The van der Waals surface area contributed by atoms with Crippen molar-refractivity contribution in [3.63, 3.8) is 0 Å². The molecule has 0 saturated carbocycles. The van der Waals surface area contributed by atoms with Crippen LogP contribution in [0.25, 0.3) is 0 Å². The van der Waals surface area contributed by atoms with Gasteiger partial charge in [0.2, 0.25) is 5.91 Å². The summed E-state index contributed by atoms with van der Waals surface area (Å²) in [5, 5.41) is 13.2. The predicted octanol–water partition coefficient (Wildman–Crippen LogP) is 1.88. The van der Waals surface area contributed by atoms with Crippen LogP contribution in [-0.4, -0.2) is 46.9 Å². The number of nitro benzene ring substituents is 1. The van der Waals surface area contributed by atoms with Gasteiger partial charge < -0.3 is 15.0 Å². The molecule has 0 radical (unpaired) electrons. The fraction of sp³-hybridized carbons (Fsp3) is 0.529. The number of piperidine rings is 1. The van der Waals surface area contributed by atoms with Gasteiger partial charge in [-0.2, -0.15) is 0 Å². The van der Waals surface area contributed by atoms with Crippen LogP contribution in [0.4, 0.5) is 5.69 Å². The number of rotatable bonds is 6. The van der Waals surface area contributed by atoms with Crippen LogP contribution >= 0.6 is 0 Å². The van der Waals surface area contributed by atoms with Crippen molar-refractivity contribution in [3.8, 4) is 5.75 Å². The summed E-state index contributed by atoms with van der Waals surface area (Å²) in [6.07, 6.45) is 3.09. The number of likely N-dealkylation sites (tertiary alicyclic amines) is 1. The Labute approximate surface area is 146 Å². The van der Waals surface area contributed by atoms with Crippen LogP contribution < -0.4 is 10.1 Å². The summed E-state index contributed by atoms with van der Waals surface area (Å²) in [5.41, 5.74) is -0.0494. The van der Waals surface area contributed by atoms with E-state index >= 15 is 0 Å². The van der Waals surface area contributed by atoms with Crippen LogP contribution in [0.5, 0.6) is 5.75 Å². The number of amides is 2. The molecule has 0 bridgehead atoms. The van der Waals surface area contributed by atoms with E-state index in [1.165, 1.54) is 24.3 Å². The molecule has 136 valence electrons. The zero-order valence-electron chi connectivity index (χ0n) is 14.4. The van der Waals surface area contributed by atoms with Gasteiger partial charge in [0.1, 0.15) is 11.8 Å². The molecule has 0 aromatic heterocycles. The lowest BCUT2D eigenvalue weighted by Crippen LogP contribution is -2.52. The number of benzene rings is 1. The van der Waals surface area contributed by atoms with Gasteiger partial charge in [0.05, 0.1) is 4.92 Å². The van der Waals surface area contributed by atoms with Gasteiger partial charge in [0, 0.05) is 24.7 Å². The van der Waals surface area contributed by atoms with Crippen LogP contribution in [0.1, 0.15) is 33.1 Å². The largest absolute Gasteiger partial charge is 0.484 e. The minimum atomic E-state index is -0.617. The molecule has 2 rings (SSSR count). The van der Waals surface area contributed by atoms with Gasteiger partial charge in [-0.1, -0.05) is 0 Å². The summed E-state index contributed by atoms with van der Waals surface area (Å²) in [6, 6.07) is 5.03. The molecular weight excluding hydrogens is 326 g/mol. The summed E-state index contributed by atoms with van der Waals surface area (Å²) >= 11 is 0. The van der Waals surface area contributed by atoms with Gasteiger partial charge in [0.25, 0.3) is 11.6 Å². The van der Waals surface area contributed by atoms with Crippen LogP contribution in [0.3, 0.4) is 0 Å². The van der Waals surface area contributed by atoms with Crippen molar-refractivity contribution in [2.75, 3.05) is 13.2 Å². The highest BCUT2D eigenvalue weighted by molar-refractivity contribution is 5.88. The Bertz CT molecular complexity index is 632. The number of hydrogen-bond acceptors (Lipinski definition) is 5. The van der Waals surface area contributed by atoms with E-state index in [0.717, 1.165) is 25.8 Å². The molecule has 2 atom stereocenters. The standard InChI is InChI=1S/C17H23N3O5/c1-12-5-3-4-10-19(12)17(22)13(2)18-16(21)11-25-15-8-6-14(7-9-15)20(23)24/h6-9,12-13H,3-5,10-11H2,1-2H3,(H,18,21)/t12-,13+/m0/s1. The number of non-ortho nitro benzene ring substituents is 1. The van der Waals surface area contributed by atoms with Gasteiger partial charge in [-0.3, -0.25) is 19.7 Å². The maximum atomic E-state index is 12.4. The van der Waals surface area contributed by atoms with E-state index in [1.807, 2.05) is 11.8 Å². The van der Waals surface area contributed by atoms with Crippen molar-refractivity contribution < 1.29 is 19.2 Å². The normalized spacial score (nSPS) is 18.3. The maximum Gasteiger partial charge on any atom is 0.269 e. The van der Waals surface area contributed by atoms with Crippen molar-refractivity contribution in [1.82, 2.24) is 10.2 Å². The summed E-state index contributed by atoms with van der Waals surface area (Å²) in [5.74, 6) is -0.149. The summed E-state index contributed by atoms with van der Waals surface area (Å²) in [6.45, 7) is 4.14. The smallest absolute Gasteiger partial charge is 0.269 e. The van der Waals surface area contributed by atoms with Gasteiger partial charge in [-0.15, -0.1) is 0 Å². The Balaban J connectivity index is 1.80. The number of ether oxygens (including phenoxy) is 1. The van der Waals surface area contributed by atoms with E-state index in [2.05, 4.69) is 5.32 Å². The second kappa shape index (κ2) is 8.46. The fourth-order valence-corrected chi connectivity index (χ4v) is 2.83. The molecule has 1 aliphatic rings. The third-order valence-electron chi connectivity index (χ3n) is 4.25. The van der Waals surface area contributed by atoms with E-state index in [9.17, 15) is 19.7 Å². The van der Waals surface area contributed by atoms with Gasteiger partial charge in [-0.05, 0) is 45.2 Å². The molecule has 1 aromatic rings. The topological polar surface area (TPSA) is 102 Å². The average molecular weight is 349 g/mol. The maximum absolute atomic E-state index is 12.4. The minimum Gasteiger partial charge on any atom is -0.484 e. The number of hydrogen-bond donors (Lipinski definition) is 1. The van der Waals surface area contributed by atoms with Crippen molar-refractivity contribution in [2.24, 2.45) is 0 Å². The number of nitro groups is 1. The van der Waals surface area contributed by atoms with Crippen molar-refractivity contribution in [1.29, 1.82) is 0 Å². The molecule has 2 amide bonds. The first-order valence-corrected chi connectivity index (χ1v) is 8.35. The highest BCUT2D eigenvalue weighted by atomic mass is 16.6. The van der Waals surface area contributed by atoms with E-state index in [-0.39, 0.29) is 24.2 Å². The average Bonchev–Trinajstić information content (AvgIpc) is 2.60. The molecule has 8 nitrogen and oxygen atoms in total. The monoisotopic (exact) mass is 349 g/mol. The molecule has 8 heteroatoms. The SMILES string of the molecule is C[C@@H](NC(=O)COc1ccc([N+](=O)[O-])cc1)C(=O)N1CCCC[C@@H]1C. The van der Waals surface area contributed by atoms with Crippen LogP contribution in [0, 0.1) is 10.1 Å². The Morgan fingerprint density at radius 3 is 2.64 bits per heavy atom. The molecule has 1 aliphatic heterocycles. The number of carbonyl (C=O) groups excluding carboxylic acids is 2. The first-order valence-electron chi connectivity index (χ1n) is 8.35.